The monoisotopic (exact) mass is 1510 g/mol. The number of phosphoric acid groups is 2. The Hall–Kier alpha value is -4.02. The summed E-state index contributed by atoms with van der Waals surface area (Å²) in [5.74, 6) is -2.20. The molecule has 0 fully saturated rings. The summed E-state index contributed by atoms with van der Waals surface area (Å²) in [6, 6.07) is 0. The highest BCUT2D eigenvalue weighted by atomic mass is 31.2. The lowest BCUT2D eigenvalue weighted by atomic mass is 10.1. The summed E-state index contributed by atoms with van der Waals surface area (Å²) in [5.41, 5.74) is 0. The van der Waals surface area contributed by atoms with Crippen LogP contribution in [0.1, 0.15) is 362 Å². The van der Waals surface area contributed by atoms with Gasteiger partial charge in [-0.25, -0.2) is 9.13 Å². The molecule has 0 aromatic heterocycles. The Morgan fingerprint density at radius 3 is 0.750 bits per heavy atom. The SMILES string of the molecule is CCCCC/C=C\C/C=C\C/C=C\CCCCCCCCC(=O)OCC(COP(=O)(O)OCC(O)COP(=O)(O)OCC(COC(=O)CCCCCCCC/C=C\C/C=C\C/C=C\CCCCC)OC(=O)CCCCCCC/C=C\CCCCCC)OC(=O)CCCCCCC/C=C\CCCCCC. The van der Waals surface area contributed by atoms with Crippen molar-refractivity contribution >= 4 is 39.5 Å². The van der Waals surface area contributed by atoms with Gasteiger partial charge in [0.25, 0.3) is 0 Å². The average Bonchev–Trinajstić information content (AvgIpc) is 0.913. The minimum Gasteiger partial charge on any atom is -0.462 e. The fourth-order valence-corrected chi connectivity index (χ4v) is 12.7. The summed E-state index contributed by atoms with van der Waals surface area (Å²) >= 11 is 0. The van der Waals surface area contributed by atoms with Gasteiger partial charge in [0, 0.05) is 25.7 Å². The number of hydrogen-bond donors (Lipinski definition) is 3. The number of esters is 4. The van der Waals surface area contributed by atoms with Gasteiger partial charge in [0.1, 0.15) is 19.3 Å². The quantitative estimate of drug-likeness (QED) is 0.0169. The van der Waals surface area contributed by atoms with E-state index in [9.17, 15) is 43.2 Å². The summed E-state index contributed by atoms with van der Waals surface area (Å²) in [6.07, 6.45) is 82.3. The number of hydrogen-bond acceptors (Lipinski definition) is 15. The fraction of sp³-hybridized carbons (Fsp3) is 0.765. The van der Waals surface area contributed by atoms with Crippen LogP contribution in [-0.2, 0) is 65.4 Å². The van der Waals surface area contributed by atoms with Crippen molar-refractivity contribution in [1.29, 1.82) is 0 Å². The topological polar surface area (TPSA) is 237 Å². The normalized spacial score (nSPS) is 14.3. The summed E-state index contributed by atoms with van der Waals surface area (Å²) in [5, 5.41) is 10.6. The van der Waals surface area contributed by atoms with E-state index in [1.807, 2.05) is 0 Å². The first-order chi connectivity index (χ1) is 50.7. The minimum atomic E-state index is -4.98. The Bertz CT molecular complexity index is 2190. The minimum absolute atomic E-state index is 0.0823. The zero-order valence-corrected chi connectivity index (χ0v) is 67.7. The van der Waals surface area contributed by atoms with Gasteiger partial charge < -0.3 is 33.8 Å². The number of carbonyl (C=O) groups excluding carboxylic acids is 4. The largest absolute Gasteiger partial charge is 0.472 e. The van der Waals surface area contributed by atoms with Crippen molar-refractivity contribution in [3.05, 3.63) is 97.2 Å². The smallest absolute Gasteiger partial charge is 0.462 e. The van der Waals surface area contributed by atoms with Gasteiger partial charge in [-0.3, -0.25) is 37.3 Å². The lowest BCUT2D eigenvalue weighted by molar-refractivity contribution is -0.161. The van der Waals surface area contributed by atoms with Crippen molar-refractivity contribution in [3.63, 3.8) is 0 Å². The van der Waals surface area contributed by atoms with Crippen molar-refractivity contribution in [1.82, 2.24) is 0 Å². The highest BCUT2D eigenvalue weighted by Crippen LogP contribution is 2.45. The second-order valence-electron chi connectivity index (χ2n) is 27.7. The van der Waals surface area contributed by atoms with Crippen LogP contribution < -0.4 is 0 Å². The lowest BCUT2D eigenvalue weighted by Crippen LogP contribution is -2.30. The molecule has 0 heterocycles. The molecule has 0 aromatic rings. The molecule has 0 saturated heterocycles. The van der Waals surface area contributed by atoms with Crippen LogP contribution >= 0.6 is 15.6 Å². The molecule has 19 heteroatoms. The van der Waals surface area contributed by atoms with Crippen LogP contribution in [0.25, 0.3) is 0 Å². The molecule has 0 spiro atoms. The van der Waals surface area contributed by atoms with E-state index >= 15 is 0 Å². The molecule has 0 rings (SSSR count). The van der Waals surface area contributed by atoms with E-state index in [2.05, 4.69) is 125 Å². The molecule has 3 N–H and O–H groups in total. The van der Waals surface area contributed by atoms with Crippen molar-refractivity contribution in [2.75, 3.05) is 39.6 Å². The highest BCUT2D eigenvalue weighted by Gasteiger charge is 2.30. The maximum Gasteiger partial charge on any atom is 0.472 e. The van der Waals surface area contributed by atoms with E-state index in [0.29, 0.717) is 25.7 Å². The van der Waals surface area contributed by atoms with E-state index in [0.717, 1.165) is 193 Å². The van der Waals surface area contributed by atoms with Gasteiger partial charge in [0.05, 0.1) is 26.4 Å². The maximum absolute atomic E-state index is 13.1. The molecular weight excluding hydrogens is 1350 g/mol. The summed E-state index contributed by atoms with van der Waals surface area (Å²) in [6.45, 7) is 4.79. The third-order valence-electron chi connectivity index (χ3n) is 17.5. The van der Waals surface area contributed by atoms with Gasteiger partial charge in [-0.05, 0) is 154 Å². The Morgan fingerprint density at radius 1 is 0.269 bits per heavy atom. The average molecular weight is 1510 g/mol. The number of ether oxygens (including phenoxy) is 4. The maximum atomic E-state index is 13.1. The number of phosphoric ester groups is 2. The van der Waals surface area contributed by atoms with E-state index in [-0.39, 0.29) is 25.7 Å². The molecule has 4 atom stereocenters. The fourth-order valence-electron chi connectivity index (χ4n) is 11.1. The molecular formula is C85H150O17P2. The van der Waals surface area contributed by atoms with Crippen LogP contribution in [0.15, 0.2) is 97.2 Å². The van der Waals surface area contributed by atoms with Crippen molar-refractivity contribution < 1.29 is 80.2 Å². The van der Waals surface area contributed by atoms with Crippen molar-refractivity contribution in [2.45, 2.75) is 380 Å². The lowest BCUT2D eigenvalue weighted by Gasteiger charge is -2.21. The Labute approximate surface area is 633 Å². The molecule has 0 aromatic carbocycles. The summed E-state index contributed by atoms with van der Waals surface area (Å²) in [4.78, 5) is 73.1. The second kappa shape index (κ2) is 77.1. The van der Waals surface area contributed by atoms with Gasteiger partial charge in [0.15, 0.2) is 12.2 Å². The van der Waals surface area contributed by atoms with Crippen LogP contribution in [-0.4, -0.2) is 96.7 Å². The Balaban J connectivity index is 5.33. The predicted octanol–water partition coefficient (Wildman–Crippen LogP) is 24.3. The molecule has 0 aliphatic rings. The summed E-state index contributed by atoms with van der Waals surface area (Å²) < 4.78 is 68.7. The third kappa shape index (κ3) is 76.2. The van der Waals surface area contributed by atoms with Crippen LogP contribution in [0.5, 0.6) is 0 Å². The first-order valence-corrected chi connectivity index (χ1v) is 44.5. The highest BCUT2D eigenvalue weighted by molar-refractivity contribution is 7.47. The Morgan fingerprint density at radius 2 is 0.471 bits per heavy atom. The standard InChI is InChI=1S/C85H150O17P2/c1-5-9-13-17-21-25-29-33-35-37-39-41-43-47-49-53-57-61-65-69-82(87)95-75-80(101-84(89)71-67-63-59-55-51-45-31-27-23-19-15-11-7-3)77-99-103(91,92)97-73-79(86)74-98-104(93,94)100-78-81(102-85(90)72-68-64-60-56-52-46-32-28-24-20-16-12-8-4)76-96-83(88)70-66-62-58-54-50-48-44-42-40-38-36-34-30-26-22-18-14-10-6-2/h21-22,25-28,31-36,39-42,79-81,86H,5-20,23-24,29-30,37-38,43-78H2,1-4H3,(H,91,92)(H,93,94)/b25-21-,26-22-,31-27-,32-28-,35-33-,36-34-,41-39-,42-40-. The number of aliphatic hydroxyl groups excluding tert-OH is 1. The van der Waals surface area contributed by atoms with Gasteiger partial charge >= 0.3 is 39.5 Å². The molecule has 602 valence electrons. The van der Waals surface area contributed by atoms with Crippen molar-refractivity contribution in [3.8, 4) is 0 Å². The molecule has 104 heavy (non-hydrogen) atoms. The summed E-state index contributed by atoms with van der Waals surface area (Å²) in [7, 11) is -9.96. The van der Waals surface area contributed by atoms with E-state index < -0.39 is 97.5 Å². The molecule has 4 unspecified atom stereocenters. The number of aliphatic hydroxyl groups is 1. The molecule has 0 aliphatic heterocycles. The molecule has 17 nitrogen and oxygen atoms in total. The first kappa shape index (κ1) is 100.0. The van der Waals surface area contributed by atoms with Gasteiger partial charge in [-0.2, -0.15) is 0 Å². The number of allylic oxidation sites excluding steroid dienone is 16. The van der Waals surface area contributed by atoms with Gasteiger partial charge in [-0.1, -0.05) is 279 Å². The zero-order chi connectivity index (χ0) is 76.0. The first-order valence-electron chi connectivity index (χ1n) is 41.5. The van der Waals surface area contributed by atoms with E-state index in [1.165, 1.54) is 89.9 Å². The van der Waals surface area contributed by atoms with Crippen LogP contribution in [0.2, 0.25) is 0 Å². The van der Waals surface area contributed by atoms with E-state index in [4.69, 9.17) is 37.0 Å². The predicted molar refractivity (Wildman–Crippen MR) is 427 cm³/mol. The third-order valence-corrected chi connectivity index (χ3v) is 19.4. The molecule has 0 radical (unpaired) electrons. The Kier molecular flexibility index (Phi) is 74.2. The zero-order valence-electron chi connectivity index (χ0n) is 65.9. The molecule has 0 saturated carbocycles. The molecule has 0 bridgehead atoms. The van der Waals surface area contributed by atoms with Crippen LogP contribution in [0.3, 0.4) is 0 Å². The number of rotatable bonds is 78. The van der Waals surface area contributed by atoms with Crippen LogP contribution in [0, 0.1) is 0 Å². The van der Waals surface area contributed by atoms with E-state index in [1.54, 1.807) is 0 Å². The second-order valence-corrected chi connectivity index (χ2v) is 30.6. The molecule has 0 aliphatic carbocycles. The molecule has 0 amide bonds. The van der Waals surface area contributed by atoms with Crippen LogP contribution in [0.4, 0.5) is 0 Å². The van der Waals surface area contributed by atoms with Crippen molar-refractivity contribution in [2.24, 2.45) is 0 Å². The van der Waals surface area contributed by atoms with Gasteiger partial charge in [0.2, 0.25) is 0 Å². The van der Waals surface area contributed by atoms with Gasteiger partial charge in [-0.15, -0.1) is 0 Å². The number of carbonyl (C=O) groups is 4. The number of unbranched alkanes of at least 4 members (excludes halogenated alkanes) is 36.